The number of rotatable bonds is 3. The molecule has 1 unspecified atom stereocenters. The summed E-state index contributed by atoms with van der Waals surface area (Å²) in [6.45, 7) is 0.425. The van der Waals surface area contributed by atoms with Gasteiger partial charge in [0, 0.05) is 25.7 Å². The van der Waals surface area contributed by atoms with Crippen LogP contribution in [0.2, 0.25) is 0 Å². The molecule has 1 aromatic carbocycles. The summed E-state index contributed by atoms with van der Waals surface area (Å²) in [6.07, 6.45) is 7.80. The minimum Gasteiger partial charge on any atom is -0.453 e. The first-order valence-electron chi connectivity index (χ1n) is 12.2. The van der Waals surface area contributed by atoms with Crippen molar-refractivity contribution in [2.45, 2.75) is 106 Å². The van der Waals surface area contributed by atoms with Gasteiger partial charge in [0.1, 0.15) is 12.2 Å². The molecule has 32 heavy (non-hydrogen) atoms. The Labute approximate surface area is 188 Å². The highest BCUT2D eigenvalue weighted by Crippen LogP contribution is 2.48. The lowest BCUT2D eigenvalue weighted by Gasteiger charge is -2.35. The van der Waals surface area contributed by atoms with E-state index in [1.807, 2.05) is 18.2 Å². The third-order valence-corrected chi connectivity index (χ3v) is 7.62. The van der Waals surface area contributed by atoms with Gasteiger partial charge in [0.2, 0.25) is 0 Å². The Kier molecular flexibility index (Phi) is 5.50. The average molecular weight is 445 g/mol. The van der Waals surface area contributed by atoms with E-state index in [1.165, 1.54) is 12.8 Å². The maximum Gasteiger partial charge on any atom is 0.338 e. The highest BCUT2D eigenvalue weighted by Gasteiger charge is 2.62. The summed E-state index contributed by atoms with van der Waals surface area (Å²) in [6, 6.07) is 9.04. The van der Waals surface area contributed by atoms with E-state index in [1.54, 1.807) is 12.1 Å². The molecule has 7 nitrogen and oxygen atoms in total. The van der Waals surface area contributed by atoms with Gasteiger partial charge in [-0.15, -0.1) is 0 Å². The molecule has 5 aliphatic rings. The first-order valence-corrected chi connectivity index (χ1v) is 12.2. The van der Waals surface area contributed by atoms with E-state index in [2.05, 4.69) is 0 Å². The van der Waals surface area contributed by atoms with Crippen LogP contribution in [0.15, 0.2) is 30.3 Å². The van der Waals surface area contributed by atoms with Gasteiger partial charge in [0.25, 0.3) is 0 Å². The highest BCUT2D eigenvalue weighted by atomic mass is 16.9. The fraction of sp³-hybridized carbons (Fsp3) is 0.720. The van der Waals surface area contributed by atoms with Crippen molar-refractivity contribution in [3.8, 4) is 0 Å². The van der Waals surface area contributed by atoms with Gasteiger partial charge in [0.15, 0.2) is 30.1 Å². The van der Waals surface area contributed by atoms with Crippen molar-refractivity contribution < 1.29 is 33.2 Å². The molecular weight excluding hydrogens is 412 g/mol. The molecule has 3 aliphatic heterocycles. The van der Waals surface area contributed by atoms with Gasteiger partial charge in [-0.05, 0) is 37.8 Å². The fourth-order valence-corrected chi connectivity index (χ4v) is 5.97. The Morgan fingerprint density at radius 1 is 0.812 bits per heavy atom. The topological polar surface area (TPSA) is 72.5 Å². The fourth-order valence-electron chi connectivity index (χ4n) is 5.97. The van der Waals surface area contributed by atoms with Gasteiger partial charge in [-0.3, -0.25) is 0 Å². The van der Waals surface area contributed by atoms with E-state index in [-0.39, 0.29) is 12.1 Å². The summed E-state index contributed by atoms with van der Waals surface area (Å²) in [4.78, 5) is 13.0. The van der Waals surface area contributed by atoms with E-state index in [0.717, 1.165) is 51.4 Å². The van der Waals surface area contributed by atoms with Crippen LogP contribution >= 0.6 is 0 Å². The summed E-state index contributed by atoms with van der Waals surface area (Å²) in [7, 11) is 0. The second kappa shape index (κ2) is 8.37. The van der Waals surface area contributed by atoms with E-state index >= 15 is 0 Å². The van der Waals surface area contributed by atoms with Gasteiger partial charge in [-0.25, -0.2) is 4.79 Å². The Morgan fingerprint density at radius 2 is 1.50 bits per heavy atom. The minimum absolute atomic E-state index is 0.318. The Hall–Kier alpha value is -1.51. The van der Waals surface area contributed by atoms with E-state index in [0.29, 0.717) is 12.2 Å². The van der Waals surface area contributed by atoms with Crippen LogP contribution in [0.5, 0.6) is 0 Å². The second-order valence-electron chi connectivity index (χ2n) is 9.82. The molecule has 0 aromatic heterocycles. The largest absolute Gasteiger partial charge is 0.453 e. The van der Waals surface area contributed by atoms with Gasteiger partial charge in [0.05, 0.1) is 12.2 Å². The van der Waals surface area contributed by atoms with Crippen molar-refractivity contribution in [3.05, 3.63) is 35.9 Å². The maximum absolute atomic E-state index is 13.0. The molecule has 1 aromatic rings. The van der Waals surface area contributed by atoms with E-state index in [9.17, 15) is 4.79 Å². The van der Waals surface area contributed by atoms with Crippen molar-refractivity contribution in [2.75, 3.05) is 6.61 Å². The molecule has 3 saturated heterocycles. The molecule has 2 saturated carbocycles. The summed E-state index contributed by atoms with van der Waals surface area (Å²) < 4.78 is 37.8. The second-order valence-corrected chi connectivity index (χ2v) is 9.82. The lowest BCUT2D eigenvalue weighted by atomic mass is 9.94. The SMILES string of the molecule is O=C(O[C@@H]1[C@H]2OC3(CCCCC3)O[C@H]2O[C@@H]1C1COC2(CCCCC2)O1)c1ccccc1. The van der Waals surface area contributed by atoms with E-state index in [4.69, 9.17) is 28.4 Å². The average Bonchev–Trinajstić information content (AvgIpc) is 3.48. The zero-order chi connectivity index (χ0) is 21.6. The van der Waals surface area contributed by atoms with Crippen LogP contribution in [0, 0.1) is 0 Å². The van der Waals surface area contributed by atoms with Gasteiger partial charge in [-0.2, -0.15) is 0 Å². The molecular formula is C25H32O7. The summed E-state index contributed by atoms with van der Waals surface area (Å²) in [5, 5.41) is 0. The first kappa shape index (κ1) is 21.1. The van der Waals surface area contributed by atoms with Crippen molar-refractivity contribution in [3.63, 3.8) is 0 Å². The molecule has 7 heteroatoms. The van der Waals surface area contributed by atoms with Crippen LogP contribution in [0.25, 0.3) is 0 Å². The lowest BCUT2D eigenvalue weighted by Crippen LogP contribution is -2.46. The Bertz CT molecular complexity index is 815. The number of hydrogen-bond acceptors (Lipinski definition) is 7. The summed E-state index contributed by atoms with van der Waals surface area (Å²) >= 11 is 0. The molecule has 5 atom stereocenters. The smallest absolute Gasteiger partial charge is 0.338 e. The summed E-state index contributed by atoms with van der Waals surface area (Å²) in [5.74, 6) is -1.53. The molecule has 3 heterocycles. The Balaban J connectivity index is 1.22. The zero-order valence-corrected chi connectivity index (χ0v) is 18.4. The molecule has 0 amide bonds. The van der Waals surface area contributed by atoms with Crippen molar-refractivity contribution >= 4 is 5.97 Å². The Morgan fingerprint density at radius 3 is 2.22 bits per heavy atom. The third kappa shape index (κ3) is 3.78. The number of benzene rings is 1. The summed E-state index contributed by atoms with van der Waals surface area (Å²) in [5.41, 5.74) is 0.508. The molecule has 2 aliphatic carbocycles. The van der Waals surface area contributed by atoms with Gasteiger partial charge in [-0.1, -0.05) is 31.0 Å². The van der Waals surface area contributed by atoms with Crippen molar-refractivity contribution in [1.29, 1.82) is 0 Å². The zero-order valence-electron chi connectivity index (χ0n) is 18.4. The van der Waals surface area contributed by atoms with Crippen molar-refractivity contribution in [1.82, 2.24) is 0 Å². The number of ether oxygens (including phenoxy) is 6. The maximum atomic E-state index is 13.0. The number of hydrogen-bond donors (Lipinski definition) is 0. The number of carbonyl (C=O) groups is 1. The van der Waals surface area contributed by atoms with E-state index < -0.39 is 36.2 Å². The first-order chi connectivity index (χ1) is 15.7. The monoisotopic (exact) mass is 444 g/mol. The standard InChI is InChI=1S/C25H32O7/c26-22(17-10-4-1-5-11-17)28-20-19(18-16-27-24(30-18)12-6-2-7-13-24)29-23-21(20)31-25(32-23)14-8-3-9-15-25/h1,4-5,10-11,18-21,23H,2-3,6-9,12-16H2/t18?,19-,20+,21-,23-/m1/s1. The van der Waals surface area contributed by atoms with Crippen LogP contribution in [-0.2, 0) is 28.4 Å². The predicted octanol–water partition coefficient (Wildman–Crippen LogP) is 4.09. The number of esters is 1. The molecule has 174 valence electrons. The van der Waals surface area contributed by atoms with Crippen LogP contribution in [0.1, 0.15) is 74.6 Å². The van der Waals surface area contributed by atoms with Gasteiger partial charge >= 0.3 is 5.97 Å². The van der Waals surface area contributed by atoms with Crippen LogP contribution in [-0.4, -0.2) is 54.9 Å². The third-order valence-electron chi connectivity index (χ3n) is 7.62. The molecule has 0 N–H and O–H groups in total. The van der Waals surface area contributed by atoms with Crippen LogP contribution in [0.4, 0.5) is 0 Å². The molecule has 2 spiro atoms. The molecule has 0 radical (unpaired) electrons. The van der Waals surface area contributed by atoms with Crippen molar-refractivity contribution in [2.24, 2.45) is 0 Å². The predicted molar refractivity (Wildman–Crippen MR) is 113 cm³/mol. The minimum atomic E-state index is -0.617. The lowest BCUT2D eigenvalue weighted by molar-refractivity contribution is -0.259. The van der Waals surface area contributed by atoms with Crippen LogP contribution in [0.3, 0.4) is 0 Å². The quantitative estimate of drug-likeness (QED) is 0.650. The normalized spacial score (nSPS) is 37.6. The molecule has 5 fully saturated rings. The molecule has 6 rings (SSSR count). The number of carbonyl (C=O) groups excluding carboxylic acids is 1. The van der Waals surface area contributed by atoms with Crippen LogP contribution < -0.4 is 0 Å². The molecule has 0 bridgehead atoms. The highest BCUT2D eigenvalue weighted by molar-refractivity contribution is 5.89. The number of fused-ring (bicyclic) bond motifs is 1. The van der Waals surface area contributed by atoms with Gasteiger partial charge < -0.3 is 28.4 Å².